The number of carbonyl (C=O) groups excluding carboxylic acids is 1. The van der Waals surface area contributed by atoms with Crippen molar-refractivity contribution in [3.05, 3.63) is 54.5 Å². The second-order valence-electron chi connectivity index (χ2n) is 10.3. The van der Waals surface area contributed by atoms with Crippen LogP contribution in [0.4, 0.5) is 5.95 Å². The lowest BCUT2D eigenvalue weighted by Gasteiger charge is -2.41. The number of amides is 1. The SMILES string of the molecule is C=CC(=O)N1CCC(CN[C@@]2(C)CCC[C@@H](Nc3ncc(Cl)c(-c4cnn5ccccc45)n3)C2)CC1. The van der Waals surface area contributed by atoms with Gasteiger partial charge < -0.3 is 15.5 Å². The van der Waals surface area contributed by atoms with Crippen molar-refractivity contribution in [2.75, 3.05) is 25.0 Å². The maximum absolute atomic E-state index is 11.8. The fourth-order valence-corrected chi connectivity index (χ4v) is 5.77. The molecule has 1 saturated carbocycles. The van der Waals surface area contributed by atoms with Gasteiger partial charge in [-0.1, -0.05) is 24.2 Å². The molecule has 3 aromatic rings. The summed E-state index contributed by atoms with van der Waals surface area (Å²) in [5.74, 6) is 1.24. The quantitative estimate of drug-likeness (QED) is 0.455. The van der Waals surface area contributed by atoms with Gasteiger partial charge in [-0.3, -0.25) is 4.79 Å². The van der Waals surface area contributed by atoms with Gasteiger partial charge >= 0.3 is 0 Å². The van der Waals surface area contributed by atoms with Crippen LogP contribution in [-0.4, -0.2) is 61.6 Å². The van der Waals surface area contributed by atoms with E-state index in [1.807, 2.05) is 33.8 Å². The number of pyridine rings is 1. The van der Waals surface area contributed by atoms with E-state index in [0.717, 1.165) is 69.2 Å². The molecule has 0 bridgehead atoms. The zero-order chi connectivity index (χ0) is 25.1. The predicted molar refractivity (Wildman–Crippen MR) is 143 cm³/mol. The van der Waals surface area contributed by atoms with Crippen molar-refractivity contribution in [2.45, 2.75) is 57.0 Å². The van der Waals surface area contributed by atoms with Gasteiger partial charge in [0.2, 0.25) is 11.9 Å². The van der Waals surface area contributed by atoms with Crippen LogP contribution < -0.4 is 10.6 Å². The summed E-state index contributed by atoms with van der Waals surface area (Å²) < 4.78 is 1.82. The molecule has 0 aromatic carbocycles. The van der Waals surface area contributed by atoms with E-state index in [9.17, 15) is 4.79 Å². The molecule has 2 atom stereocenters. The fourth-order valence-electron chi connectivity index (χ4n) is 5.57. The number of aromatic nitrogens is 4. The van der Waals surface area contributed by atoms with E-state index in [0.29, 0.717) is 22.6 Å². The lowest BCUT2D eigenvalue weighted by molar-refractivity contribution is -0.127. The van der Waals surface area contributed by atoms with Crippen LogP contribution in [0.2, 0.25) is 5.02 Å². The molecule has 2 N–H and O–H groups in total. The molecule has 0 spiro atoms. The Balaban J connectivity index is 1.21. The number of carbonyl (C=O) groups is 1. The van der Waals surface area contributed by atoms with E-state index in [2.05, 4.69) is 34.2 Å². The van der Waals surface area contributed by atoms with Crippen LogP contribution in [0.15, 0.2) is 49.4 Å². The summed E-state index contributed by atoms with van der Waals surface area (Å²) in [6.07, 6.45) is 13.2. The Labute approximate surface area is 217 Å². The Morgan fingerprint density at radius 1 is 1.28 bits per heavy atom. The molecular weight excluding hydrogens is 474 g/mol. The van der Waals surface area contributed by atoms with Gasteiger partial charge in [-0.25, -0.2) is 14.5 Å². The van der Waals surface area contributed by atoms with Gasteiger partial charge in [0.05, 0.1) is 28.6 Å². The van der Waals surface area contributed by atoms with Gasteiger partial charge in [0.25, 0.3) is 0 Å². The first-order chi connectivity index (χ1) is 17.4. The number of anilines is 1. The lowest BCUT2D eigenvalue weighted by atomic mass is 9.80. The fraction of sp³-hybridized carbons (Fsp3) is 0.481. The average Bonchev–Trinajstić information content (AvgIpc) is 3.33. The average molecular weight is 508 g/mol. The predicted octanol–water partition coefficient (Wildman–Crippen LogP) is 4.57. The van der Waals surface area contributed by atoms with E-state index >= 15 is 0 Å². The third-order valence-electron chi connectivity index (χ3n) is 7.66. The largest absolute Gasteiger partial charge is 0.351 e. The second-order valence-corrected chi connectivity index (χ2v) is 10.7. The molecule has 3 aromatic heterocycles. The van der Waals surface area contributed by atoms with Crippen molar-refractivity contribution in [3.8, 4) is 11.3 Å². The van der Waals surface area contributed by atoms with Gasteiger partial charge in [0, 0.05) is 36.4 Å². The molecule has 9 heteroatoms. The van der Waals surface area contributed by atoms with Crippen LogP contribution in [-0.2, 0) is 4.79 Å². The highest BCUT2D eigenvalue weighted by Crippen LogP contribution is 2.32. The summed E-state index contributed by atoms with van der Waals surface area (Å²) >= 11 is 6.50. The zero-order valence-corrected chi connectivity index (χ0v) is 21.5. The van der Waals surface area contributed by atoms with Crippen molar-refractivity contribution in [1.29, 1.82) is 0 Å². The van der Waals surface area contributed by atoms with Crippen molar-refractivity contribution in [3.63, 3.8) is 0 Å². The molecule has 1 aliphatic heterocycles. The normalized spacial score (nSPS) is 23.1. The molecule has 190 valence electrons. The summed E-state index contributed by atoms with van der Waals surface area (Å²) in [4.78, 5) is 23.0. The smallest absolute Gasteiger partial charge is 0.245 e. The molecule has 8 nitrogen and oxygen atoms in total. The number of rotatable bonds is 7. The number of likely N-dealkylation sites (tertiary alicyclic amines) is 1. The van der Waals surface area contributed by atoms with Gasteiger partial charge in [0.1, 0.15) is 0 Å². The molecule has 36 heavy (non-hydrogen) atoms. The zero-order valence-electron chi connectivity index (χ0n) is 20.8. The molecule has 2 fully saturated rings. The maximum Gasteiger partial charge on any atom is 0.245 e. The topological polar surface area (TPSA) is 87.5 Å². The molecule has 5 rings (SSSR count). The Kier molecular flexibility index (Phi) is 7.25. The number of hydrogen-bond donors (Lipinski definition) is 2. The number of nitrogens with zero attached hydrogens (tertiary/aromatic N) is 5. The van der Waals surface area contributed by atoms with Crippen LogP contribution in [0.1, 0.15) is 45.4 Å². The summed E-state index contributed by atoms with van der Waals surface area (Å²) in [6, 6.07) is 6.21. The van der Waals surface area contributed by atoms with E-state index in [4.69, 9.17) is 16.6 Å². The third-order valence-corrected chi connectivity index (χ3v) is 7.93. The van der Waals surface area contributed by atoms with Crippen LogP contribution in [0.3, 0.4) is 0 Å². The second kappa shape index (κ2) is 10.6. The highest BCUT2D eigenvalue weighted by atomic mass is 35.5. The number of halogens is 1. The number of hydrogen-bond acceptors (Lipinski definition) is 6. The number of fused-ring (bicyclic) bond motifs is 1. The van der Waals surface area contributed by atoms with Crippen molar-refractivity contribution in [2.24, 2.45) is 5.92 Å². The maximum atomic E-state index is 11.8. The number of piperidine rings is 1. The molecular formula is C27H34ClN7O. The first-order valence-electron chi connectivity index (χ1n) is 12.8. The highest BCUT2D eigenvalue weighted by molar-refractivity contribution is 6.33. The van der Waals surface area contributed by atoms with Crippen LogP contribution in [0.5, 0.6) is 0 Å². The van der Waals surface area contributed by atoms with Crippen molar-refractivity contribution < 1.29 is 4.79 Å². The van der Waals surface area contributed by atoms with Gasteiger partial charge in [-0.2, -0.15) is 5.10 Å². The summed E-state index contributed by atoms with van der Waals surface area (Å²) in [5, 5.41) is 12.4. The van der Waals surface area contributed by atoms with E-state index in [1.165, 1.54) is 6.08 Å². The summed E-state index contributed by atoms with van der Waals surface area (Å²) in [5.41, 5.74) is 2.59. The van der Waals surface area contributed by atoms with Crippen molar-refractivity contribution >= 4 is 29.0 Å². The molecule has 0 unspecified atom stereocenters. The van der Waals surface area contributed by atoms with Gasteiger partial charge in [-0.15, -0.1) is 0 Å². The molecule has 1 saturated heterocycles. The minimum absolute atomic E-state index is 0.0451. The summed E-state index contributed by atoms with van der Waals surface area (Å²) in [6.45, 7) is 8.55. The van der Waals surface area contributed by atoms with E-state index in [1.54, 1.807) is 12.4 Å². The van der Waals surface area contributed by atoms with E-state index in [-0.39, 0.29) is 17.5 Å². The van der Waals surface area contributed by atoms with Gasteiger partial charge in [0.15, 0.2) is 0 Å². The summed E-state index contributed by atoms with van der Waals surface area (Å²) in [7, 11) is 0. The molecule has 0 radical (unpaired) electrons. The van der Waals surface area contributed by atoms with Gasteiger partial charge in [-0.05, 0) is 76.1 Å². The third kappa shape index (κ3) is 5.39. The molecule has 1 aliphatic carbocycles. The Bertz CT molecular complexity index is 1240. The van der Waals surface area contributed by atoms with Crippen LogP contribution >= 0.6 is 11.6 Å². The molecule has 1 amide bonds. The van der Waals surface area contributed by atoms with Crippen LogP contribution in [0.25, 0.3) is 16.8 Å². The minimum atomic E-state index is 0.0451. The lowest BCUT2D eigenvalue weighted by Crippen LogP contribution is -2.51. The monoisotopic (exact) mass is 507 g/mol. The minimum Gasteiger partial charge on any atom is -0.351 e. The Morgan fingerprint density at radius 2 is 2.11 bits per heavy atom. The molecule has 2 aliphatic rings. The molecule has 4 heterocycles. The number of nitrogens with one attached hydrogen (secondary N) is 2. The van der Waals surface area contributed by atoms with Crippen LogP contribution in [0, 0.1) is 5.92 Å². The van der Waals surface area contributed by atoms with Crippen molar-refractivity contribution in [1.82, 2.24) is 29.8 Å². The first kappa shape index (κ1) is 24.7. The van der Waals surface area contributed by atoms with E-state index < -0.39 is 0 Å². The highest BCUT2D eigenvalue weighted by Gasteiger charge is 2.33. The Hall–Kier alpha value is -2.97. The Morgan fingerprint density at radius 3 is 2.92 bits per heavy atom. The standard InChI is InChI=1S/C27H34ClN7O/c1-3-24(36)34-13-9-19(10-14-34)16-30-27(2)11-6-7-20(15-27)32-26-29-18-22(28)25(33-26)21-17-31-35-12-5-4-8-23(21)35/h3-5,8,12,17-20,30H,1,6-7,9-11,13-16H2,2H3,(H,29,32,33)/t20-,27+/m1/s1. The first-order valence-corrected chi connectivity index (χ1v) is 13.2.